The van der Waals surface area contributed by atoms with Gasteiger partial charge in [0, 0.05) is 0 Å². The van der Waals surface area contributed by atoms with Gasteiger partial charge >= 0.3 is 0 Å². The molecule has 20 heavy (non-hydrogen) atoms. The molecule has 0 spiro atoms. The Morgan fingerprint density at radius 2 is 2.00 bits per heavy atom. The number of rotatable bonds is 4. The molecule has 2 aliphatic rings. The van der Waals surface area contributed by atoms with Gasteiger partial charge in [0.05, 0.1) is 18.5 Å². The number of aliphatic hydroxyl groups is 3. The van der Waals surface area contributed by atoms with Gasteiger partial charge in [-0.2, -0.15) is 0 Å². The van der Waals surface area contributed by atoms with Gasteiger partial charge in [0.1, 0.15) is 18.3 Å². The van der Waals surface area contributed by atoms with Crippen LogP contribution in [0.5, 0.6) is 0 Å². The van der Waals surface area contributed by atoms with Crippen molar-refractivity contribution in [2.24, 2.45) is 5.92 Å². The van der Waals surface area contributed by atoms with Crippen LogP contribution in [-0.2, 0) is 11.2 Å². The van der Waals surface area contributed by atoms with Crippen molar-refractivity contribution in [3.8, 4) is 0 Å². The van der Waals surface area contributed by atoms with E-state index in [1.54, 1.807) is 6.20 Å². The van der Waals surface area contributed by atoms with Gasteiger partial charge in [-0.05, 0) is 12.3 Å². The van der Waals surface area contributed by atoms with E-state index in [9.17, 15) is 10.2 Å². The van der Waals surface area contributed by atoms with Crippen molar-refractivity contribution >= 4 is 0 Å². The summed E-state index contributed by atoms with van der Waals surface area (Å²) in [5, 5.41) is 36.8. The van der Waals surface area contributed by atoms with Gasteiger partial charge in [-0.3, -0.25) is 0 Å². The molecule has 1 saturated heterocycles. The van der Waals surface area contributed by atoms with Crippen molar-refractivity contribution in [1.82, 2.24) is 15.0 Å². The monoisotopic (exact) mass is 283 g/mol. The normalized spacial score (nSPS) is 35.0. The Bertz CT molecular complexity index is 447. The molecule has 1 aliphatic heterocycles. The highest BCUT2D eigenvalue weighted by Crippen LogP contribution is 2.30. The molecule has 2 fully saturated rings. The highest BCUT2D eigenvalue weighted by atomic mass is 16.6. The molecule has 1 aliphatic carbocycles. The van der Waals surface area contributed by atoms with Crippen LogP contribution in [0.15, 0.2) is 6.20 Å². The van der Waals surface area contributed by atoms with E-state index in [0.717, 1.165) is 12.1 Å². The van der Waals surface area contributed by atoms with E-state index in [1.165, 1.54) is 30.4 Å². The van der Waals surface area contributed by atoms with Crippen molar-refractivity contribution in [1.29, 1.82) is 0 Å². The fourth-order valence-electron chi connectivity index (χ4n) is 3.14. The molecule has 4 atom stereocenters. The van der Waals surface area contributed by atoms with E-state index in [2.05, 4.69) is 10.3 Å². The Balaban J connectivity index is 1.67. The minimum absolute atomic E-state index is 0.335. The van der Waals surface area contributed by atoms with Gasteiger partial charge < -0.3 is 20.1 Å². The molecular formula is C13H21N3O4. The molecule has 0 amide bonds. The SMILES string of the molecule is OC[C@H]1O[C@@H](n2cc(CC3CCCC3)nn2)[C@H](O)[C@@H]1O. The summed E-state index contributed by atoms with van der Waals surface area (Å²) in [5.74, 6) is 0.672. The second-order valence-corrected chi connectivity index (χ2v) is 5.77. The fourth-order valence-corrected chi connectivity index (χ4v) is 3.14. The second-order valence-electron chi connectivity index (χ2n) is 5.77. The number of nitrogens with zero attached hydrogens (tertiary/aromatic N) is 3. The van der Waals surface area contributed by atoms with E-state index >= 15 is 0 Å². The molecule has 1 aromatic rings. The molecule has 7 heteroatoms. The molecule has 1 saturated carbocycles. The maximum atomic E-state index is 9.93. The van der Waals surface area contributed by atoms with E-state index in [1.807, 2.05) is 0 Å². The summed E-state index contributed by atoms with van der Waals surface area (Å²) in [5.41, 5.74) is 0.884. The largest absolute Gasteiger partial charge is 0.394 e. The lowest BCUT2D eigenvalue weighted by Crippen LogP contribution is -2.33. The van der Waals surface area contributed by atoms with Crippen LogP contribution in [0.1, 0.15) is 37.6 Å². The molecule has 3 N–H and O–H groups in total. The average Bonchev–Trinajstić information content (AvgIpc) is 3.15. The summed E-state index contributed by atoms with van der Waals surface area (Å²) in [6, 6.07) is 0. The fraction of sp³-hybridized carbons (Fsp3) is 0.846. The smallest absolute Gasteiger partial charge is 0.180 e. The van der Waals surface area contributed by atoms with Gasteiger partial charge in [-0.25, -0.2) is 4.68 Å². The van der Waals surface area contributed by atoms with Crippen LogP contribution < -0.4 is 0 Å². The number of hydrogen-bond acceptors (Lipinski definition) is 6. The maximum absolute atomic E-state index is 9.93. The zero-order valence-electron chi connectivity index (χ0n) is 11.3. The molecular weight excluding hydrogens is 262 g/mol. The van der Waals surface area contributed by atoms with Gasteiger partial charge in [-0.1, -0.05) is 30.9 Å². The van der Waals surface area contributed by atoms with Crippen molar-refractivity contribution < 1.29 is 20.1 Å². The average molecular weight is 283 g/mol. The predicted molar refractivity (Wildman–Crippen MR) is 68.7 cm³/mol. The van der Waals surface area contributed by atoms with E-state index in [-0.39, 0.29) is 6.61 Å². The van der Waals surface area contributed by atoms with E-state index in [4.69, 9.17) is 9.84 Å². The maximum Gasteiger partial charge on any atom is 0.180 e. The van der Waals surface area contributed by atoms with Crippen molar-refractivity contribution in [2.75, 3.05) is 6.61 Å². The van der Waals surface area contributed by atoms with E-state index < -0.39 is 24.5 Å². The molecule has 0 bridgehead atoms. The zero-order valence-corrected chi connectivity index (χ0v) is 11.3. The Morgan fingerprint density at radius 3 is 2.65 bits per heavy atom. The topological polar surface area (TPSA) is 101 Å². The summed E-state index contributed by atoms with van der Waals surface area (Å²) < 4.78 is 6.85. The first-order chi connectivity index (χ1) is 9.69. The molecule has 2 heterocycles. The third-order valence-electron chi connectivity index (χ3n) is 4.31. The first-order valence-electron chi connectivity index (χ1n) is 7.22. The minimum atomic E-state index is -1.10. The molecule has 7 nitrogen and oxygen atoms in total. The number of ether oxygens (including phenoxy) is 1. The Labute approximate surface area is 117 Å². The number of hydrogen-bond donors (Lipinski definition) is 3. The Kier molecular flexibility index (Phi) is 4.02. The lowest BCUT2D eigenvalue weighted by molar-refractivity contribution is -0.0594. The van der Waals surface area contributed by atoms with Crippen LogP contribution in [0, 0.1) is 5.92 Å². The summed E-state index contributed by atoms with van der Waals surface area (Å²) in [7, 11) is 0. The second kappa shape index (κ2) is 5.77. The third kappa shape index (κ3) is 2.58. The Hall–Kier alpha value is -1.02. The van der Waals surface area contributed by atoms with Crippen LogP contribution >= 0.6 is 0 Å². The predicted octanol–water partition coefficient (Wildman–Crippen LogP) is -0.378. The highest BCUT2D eigenvalue weighted by Gasteiger charge is 2.43. The minimum Gasteiger partial charge on any atom is -0.394 e. The van der Waals surface area contributed by atoms with Crippen LogP contribution in [0.2, 0.25) is 0 Å². The zero-order chi connectivity index (χ0) is 14.1. The first kappa shape index (κ1) is 13.9. The van der Waals surface area contributed by atoms with Gasteiger partial charge in [-0.15, -0.1) is 5.10 Å². The van der Waals surface area contributed by atoms with E-state index in [0.29, 0.717) is 5.92 Å². The quantitative estimate of drug-likeness (QED) is 0.696. The molecule has 3 rings (SSSR count). The summed E-state index contributed by atoms with van der Waals surface area (Å²) in [6.45, 7) is -0.335. The van der Waals surface area contributed by atoms with Crippen molar-refractivity contribution in [3.05, 3.63) is 11.9 Å². The third-order valence-corrected chi connectivity index (χ3v) is 4.31. The van der Waals surface area contributed by atoms with Gasteiger partial charge in [0.2, 0.25) is 0 Å². The summed E-state index contributed by atoms with van der Waals surface area (Å²) in [4.78, 5) is 0. The molecule has 0 radical (unpaired) electrons. The summed E-state index contributed by atoms with van der Waals surface area (Å²) >= 11 is 0. The van der Waals surface area contributed by atoms with Crippen LogP contribution in [0.4, 0.5) is 0 Å². The molecule has 112 valence electrons. The van der Waals surface area contributed by atoms with Crippen LogP contribution in [0.25, 0.3) is 0 Å². The van der Waals surface area contributed by atoms with Crippen molar-refractivity contribution in [3.63, 3.8) is 0 Å². The number of aromatic nitrogens is 3. The lowest BCUT2D eigenvalue weighted by atomic mass is 10.0. The number of aliphatic hydroxyl groups excluding tert-OH is 3. The van der Waals surface area contributed by atoms with Gasteiger partial charge in [0.15, 0.2) is 6.23 Å². The Morgan fingerprint density at radius 1 is 1.25 bits per heavy atom. The lowest BCUT2D eigenvalue weighted by Gasteiger charge is -2.13. The summed E-state index contributed by atoms with van der Waals surface area (Å²) in [6.07, 6.45) is 3.93. The van der Waals surface area contributed by atoms with Gasteiger partial charge in [0.25, 0.3) is 0 Å². The van der Waals surface area contributed by atoms with Crippen LogP contribution in [-0.4, -0.2) is 55.2 Å². The first-order valence-corrected chi connectivity index (χ1v) is 7.22. The molecule has 0 unspecified atom stereocenters. The molecule has 1 aromatic heterocycles. The van der Waals surface area contributed by atoms with Crippen molar-refractivity contribution in [2.45, 2.75) is 56.6 Å². The molecule has 0 aromatic carbocycles. The highest BCUT2D eigenvalue weighted by molar-refractivity contribution is 4.98. The standard InChI is InChI=1S/C13H21N3O4/c17-7-10-11(18)12(19)13(20-10)16-6-9(14-15-16)5-8-3-1-2-4-8/h6,8,10-13,17-19H,1-5,7H2/t10-,11-,12-,13-/m1/s1. The van der Waals surface area contributed by atoms with Crippen LogP contribution in [0.3, 0.4) is 0 Å².